The van der Waals surface area contributed by atoms with Crippen LogP contribution in [-0.4, -0.2) is 37.1 Å². The summed E-state index contributed by atoms with van der Waals surface area (Å²) in [7, 11) is -3.78. The molecule has 0 N–H and O–H groups in total. The van der Waals surface area contributed by atoms with Crippen molar-refractivity contribution in [1.82, 2.24) is 0 Å². The quantitative estimate of drug-likeness (QED) is 0.305. The summed E-state index contributed by atoms with van der Waals surface area (Å²) < 4.78 is 26.6. The number of hydrogen-bond donors (Lipinski definition) is 0. The molecule has 0 bridgehead atoms. The molecule has 0 saturated carbocycles. The van der Waals surface area contributed by atoms with E-state index >= 15 is 0 Å². The minimum atomic E-state index is -2.60. The van der Waals surface area contributed by atoms with Gasteiger partial charge in [-0.2, -0.15) is 0 Å². The van der Waals surface area contributed by atoms with Crippen LogP contribution in [0.15, 0.2) is 102 Å². The molecule has 0 spiro atoms. The van der Waals surface area contributed by atoms with Gasteiger partial charge in [0.15, 0.2) is 0 Å². The SMILES string of the molecule is Cc1ccc([S@](=O)[C@@H]2C=CCO[C@H]2CCO[Si](c2ccccc2)(c2ccccc2)C(C)(C)C)cc1. The molecule has 5 heteroatoms. The molecule has 3 aromatic rings. The van der Waals surface area contributed by atoms with E-state index in [0.29, 0.717) is 19.6 Å². The van der Waals surface area contributed by atoms with Gasteiger partial charge >= 0.3 is 0 Å². The lowest BCUT2D eigenvalue weighted by Crippen LogP contribution is -2.66. The van der Waals surface area contributed by atoms with Crippen LogP contribution >= 0.6 is 0 Å². The molecule has 0 fully saturated rings. The number of benzene rings is 3. The lowest BCUT2D eigenvalue weighted by atomic mass is 10.1. The largest absolute Gasteiger partial charge is 0.407 e. The van der Waals surface area contributed by atoms with Crippen molar-refractivity contribution in [2.75, 3.05) is 13.2 Å². The molecule has 0 unspecified atom stereocenters. The predicted molar refractivity (Wildman–Crippen MR) is 148 cm³/mol. The average molecular weight is 505 g/mol. The van der Waals surface area contributed by atoms with Gasteiger partial charge in [-0.15, -0.1) is 0 Å². The first-order valence-electron chi connectivity index (χ1n) is 12.3. The molecule has 184 valence electrons. The lowest BCUT2D eigenvalue weighted by Gasteiger charge is -2.43. The van der Waals surface area contributed by atoms with E-state index in [0.717, 1.165) is 10.5 Å². The first kappa shape index (κ1) is 25.8. The van der Waals surface area contributed by atoms with Crippen molar-refractivity contribution in [1.29, 1.82) is 0 Å². The van der Waals surface area contributed by atoms with E-state index in [9.17, 15) is 4.21 Å². The zero-order valence-electron chi connectivity index (χ0n) is 21.1. The van der Waals surface area contributed by atoms with Crippen LogP contribution in [0.2, 0.25) is 5.04 Å². The molecule has 0 aliphatic carbocycles. The van der Waals surface area contributed by atoms with E-state index in [-0.39, 0.29) is 16.4 Å². The van der Waals surface area contributed by atoms with Gasteiger partial charge in [-0.1, -0.05) is 111 Å². The first-order chi connectivity index (χ1) is 16.8. The van der Waals surface area contributed by atoms with Crippen LogP contribution in [0.1, 0.15) is 32.8 Å². The summed E-state index contributed by atoms with van der Waals surface area (Å²) in [4.78, 5) is 0.841. The summed E-state index contributed by atoms with van der Waals surface area (Å²) in [6.07, 6.45) is 4.58. The Morgan fingerprint density at radius 1 is 0.914 bits per heavy atom. The van der Waals surface area contributed by atoms with Gasteiger partial charge in [-0.3, -0.25) is 4.21 Å². The minimum Gasteiger partial charge on any atom is -0.407 e. The van der Waals surface area contributed by atoms with Crippen molar-refractivity contribution in [3.63, 3.8) is 0 Å². The van der Waals surface area contributed by atoms with Crippen molar-refractivity contribution in [3.05, 3.63) is 103 Å². The minimum absolute atomic E-state index is 0.0762. The maximum Gasteiger partial charge on any atom is 0.261 e. The van der Waals surface area contributed by atoms with E-state index in [1.165, 1.54) is 10.4 Å². The molecule has 35 heavy (non-hydrogen) atoms. The molecule has 3 nitrogen and oxygen atoms in total. The Kier molecular flexibility index (Phi) is 8.22. The summed E-state index contributed by atoms with van der Waals surface area (Å²) in [5, 5.41) is 2.27. The average Bonchev–Trinajstić information content (AvgIpc) is 2.87. The Balaban J connectivity index is 1.59. The molecule has 0 radical (unpaired) electrons. The Morgan fingerprint density at radius 3 is 2.03 bits per heavy atom. The molecule has 1 aliphatic rings. The summed E-state index contributed by atoms with van der Waals surface area (Å²) >= 11 is 0. The van der Waals surface area contributed by atoms with Crippen molar-refractivity contribution in [2.24, 2.45) is 0 Å². The Bertz CT molecular complexity index is 1100. The second kappa shape index (κ2) is 11.2. The van der Waals surface area contributed by atoms with E-state index in [4.69, 9.17) is 9.16 Å². The zero-order chi connectivity index (χ0) is 24.9. The van der Waals surface area contributed by atoms with Crippen LogP contribution in [0.5, 0.6) is 0 Å². The van der Waals surface area contributed by atoms with Gasteiger partial charge in [-0.05, 0) is 40.9 Å². The maximum atomic E-state index is 13.4. The summed E-state index contributed by atoms with van der Waals surface area (Å²) in [6.45, 7) is 10.00. The van der Waals surface area contributed by atoms with Gasteiger partial charge in [0.2, 0.25) is 0 Å². The van der Waals surface area contributed by atoms with Crippen LogP contribution in [0.4, 0.5) is 0 Å². The summed E-state index contributed by atoms with van der Waals surface area (Å²) in [6, 6.07) is 29.3. The normalized spacial score (nSPS) is 19.4. The second-order valence-corrected chi connectivity index (χ2v) is 16.1. The topological polar surface area (TPSA) is 35.5 Å². The number of hydrogen-bond acceptors (Lipinski definition) is 3. The molecular formula is C30H36O3SSi. The maximum absolute atomic E-state index is 13.4. The van der Waals surface area contributed by atoms with E-state index in [2.05, 4.69) is 87.5 Å². The standard InChI is InChI=1S/C30H36O3SSi/c1-24-17-19-25(20-18-24)34(31)29-16-11-22-32-28(29)21-23-33-35(30(2,3)4,26-12-7-5-8-13-26)27-14-9-6-10-15-27/h5-20,28-29H,21-23H2,1-4H3/t28-,29+,34-/m0/s1. The monoisotopic (exact) mass is 504 g/mol. The number of ether oxygens (including phenoxy) is 1. The fraction of sp³-hybridized carbons (Fsp3) is 0.333. The second-order valence-electron chi connectivity index (χ2n) is 10.2. The summed E-state index contributed by atoms with van der Waals surface area (Å²) in [5.74, 6) is 0. The highest BCUT2D eigenvalue weighted by Crippen LogP contribution is 2.37. The van der Waals surface area contributed by atoms with Crippen molar-refractivity contribution in [2.45, 2.75) is 55.4 Å². The van der Waals surface area contributed by atoms with Crippen LogP contribution < -0.4 is 10.4 Å². The number of rotatable bonds is 8. The third-order valence-corrected chi connectivity index (χ3v) is 13.5. The molecule has 0 saturated heterocycles. The molecule has 1 heterocycles. The fourth-order valence-electron chi connectivity index (χ4n) is 4.96. The van der Waals surface area contributed by atoms with Crippen LogP contribution in [0, 0.1) is 6.92 Å². The molecule has 3 aromatic carbocycles. The molecular weight excluding hydrogens is 468 g/mol. The van der Waals surface area contributed by atoms with Gasteiger partial charge in [0.25, 0.3) is 8.32 Å². The summed E-state index contributed by atoms with van der Waals surface area (Å²) in [5.41, 5.74) is 1.16. The van der Waals surface area contributed by atoms with E-state index in [1.54, 1.807) is 0 Å². The zero-order valence-corrected chi connectivity index (χ0v) is 23.0. The molecule has 0 aromatic heterocycles. The highest BCUT2D eigenvalue weighted by atomic mass is 32.2. The van der Waals surface area contributed by atoms with Crippen molar-refractivity contribution >= 4 is 29.5 Å². The molecule has 0 amide bonds. The van der Waals surface area contributed by atoms with Gasteiger partial charge in [0.05, 0.1) is 28.8 Å². The van der Waals surface area contributed by atoms with Crippen LogP contribution in [0.3, 0.4) is 0 Å². The van der Waals surface area contributed by atoms with E-state index in [1.807, 2.05) is 37.3 Å². The lowest BCUT2D eigenvalue weighted by molar-refractivity contribution is 0.0530. The van der Waals surface area contributed by atoms with Gasteiger partial charge in [-0.25, -0.2) is 0 Å². The van der Waals surface area contributed by atoms with Gasteiger partial charge in [0.1, 0.15) is 0 Å². The fourth-order valence-corrected chi connectivity index (χ4v) is 11.0. The first-order valence-corrected chi connectivity index (χ1v) is 15.5. The number of aryl methyl sites for hydroxylation is 1. The molecule has 3 atom stereocenters. The molecule has 4 rings (SSSR count). The van der Waals surface area contributed by atoms with Crippen molar-refractivity contribution in [3.8, 4) is 0 Å². The highest BCUT2D eigenvalue weighted by molar-refractivity contribution is 7.86. The smallest absolute Gasteiger partial charge is 0.261 e. The van der Waals surface area contributed by atoms with Crippen LogP contribution in [0.25, 0.3) is 0 Å². The van der Waals surface area contributed by atoms with Gasteiger partial charge < -0.3 is 9.16 Å². The Hall–Kier alpha value is -2.31. The third kappa shape index (κ3) is 5.59. The van der Waals surface area contributed by atoms with Crippen molar-refractivity contribution < 1.29 is 13.4 Å². The van der Waals surface area contributed by atoms with E-state index < -0.39 is 19.1 Å². The van der Waals surface area contributed by atoms with Crippen LogP contribution in [-0.2, 0) is 20.0 Å². The van der Waals surface area contributed by atoms with Gasteiger partial charge in [0, 0.05) is 11.5 Å². The predicted octanol–water partition coefficient (Wildman–Crippen LogP) is 5.39. The Labute approximate surface area is 213 Å². The highest BCUT2D eigenvalue weighted by Gasteiger charge is 2.50. The Morgan fingerprint density at radius 2 is 1.49 bits per heavy atom. The third-order valence-electron chi connectivity index (χ3n) is 6.74. The molecule has 1 aliphatic heterocycles.